The summed E-state index contributed by atoms with van der Waals surface area (Å²) >= 11 is 0. The van der Waals surface area contributed by atoms with E-state index in [2.05, 4.69) is 190 Å². The van der Waals surface area contributed by atoms with Crippen LogP contribution in [0.15, 0.2) is 217 Å². The Hall–Kier alpha value is -8.61. The molecular weight excluding hydrogens is 771 g/mol. The molecule has 0 aliphatic heterocycles. The second kappa shape index (κ2) is 14.0. The van der Waals surface area contributed by atoms with Crippen molar-refractivity contribution in [1.82, 2.24) is 24.1 Å². The quantitative estimate of drug-likeness (QED) is 0.168. The van der Waals surface area contributed by atoms with Crippen molar-refractivity contribution in [2.24, 2.45) is 0 Å². The zero-order chi connectivity index (χ0) is 41.4. The molecule has 0 amide bonds. The molecule has 0 N–H and O–H groups in total. The number of benzene rings is 7. The molecule has 0 fully saturated rings. The van der Waals surface area contributed by atoms with Crippen molar-refractivity contribution >= 4 is 65.7 Å². The molecule has 13 rings (SSSR count). The summed E-state index contributed by atoms with van der Waals surface area (Å²) < 4.78 is 10.8. The van der Waals surface area contributed by atoms with Gasteiger partial charge in [-0.25, -0.2) is 4.98 Å². The van der Waals surface area contributed by atoms with Gasteiger partial charge in [0.15, 0.2) is 5.58 Å². The van der Waals surface area contributed by atoms with E-state index in [1.54, 1.807) is 0 Å². The fourth-order valence-electron chi connectivity index (χ4n) is 9.49. The number of para-hydroxylation sites is 2. The van der Waals surface area contributed by atoms with E-state index in [1.807, 2.05) is 36.8 Å². The van der Waals surface area contributed by atoms with Crippen LogP contribution >= 0.6 is 0 Å². The highest BCUT2D eigenvalue weighted by molar-refractivity contribution is 6.12. The normalized spacial score (nSPS) is 11.8. The van der Waals surface area contributed by atoms with Crippen molar-refractivity contribution in [1.29, 1.82) is 0 Å². The predicted octanol–water partition coefficient (Wildman–Crippen LogP) is 14.6. The molecule has 6 heteroatoms. The van der Waals surface area contributed by atoms with Crippen LogP contribution in [0, 0.1) is 0 Å². The number of fused-ring (bicyclic) bond motifs is 9. The largest absolute Gasteiger partial charge is 0.454 e. The first-order valence-corrected chi connectivity index (χ1v) is 21.2. The summed E-state index contributed by atoms with van der Waals surface area (Å²) in [5.41, 5.74) is 16.5. The Morgan fingerprint density at radius 2 is 1.03 bits per heavy atom. The van der Waals surface area contributed by atoms with Gasteiger partial charge in [0.05, 0.1) is 27.8 Å². The van der Waals surface area contributed by atoms with E-state index in [1.165, 1.54) is 21.5 Å². The number of pyridine rings is 3. The van der Waals surface area contributed by atoms with Crippen LogP contribution in [0.3, 0.4) is 0 Å². The Morgan fingerprint density at radius 1 is 0.365 bits per heavy atom. The summed E-state index contributed by atoms with van der Waals surface area (Å²) in [5, 5.41) is 5.72. The zero-order valence-electron chi connectivity index (χ0n) is 33.9. The van der Waals surface area contributed by atoms with Crippen LogP contribution in [0.1, 0.15) is 0 Å². The lowest BCUT2D eigenvalue weighted by atomic mass is 9.99. The van der Waals surface area contributed by atoms with Crippen molar-refractivity contribution < 1.29 is 4.42 Å². The van der Waals surface area contributed by atoms with Gasteiger partial charge in [-0.15, -0.1) is 0 Å². The molecule has 6 heterocycles. The first kappa shape index (κ1) is 35.2. The molecule has 6 nitrogen and oxygen atoms in total. The topological polar surface area (TPSA) is 61.7 Å². The standard InChI is InChI=1S/C57H35N5O/c1-3-12-36(13-4-1)40-30-49(37-14-5-2-6-15-37)60-56(32-40)62-51-19-10-7-16-44(51)46-24-21-39(31-53(46)62)42-28-41(34-58-35-42)38-22-25-52-47(29-38)45-17-8-9-18-50(45)61(52)43-23-26-54-48(33-43)57-55(63-54)20-11-27-59-57/h1-35H. The van der Waals surface area contributed by atoms with Crippen LogP contribution in [0.25, 0.3) is 122 Å². The second-order valence-corrected chi connectivity index (χ2v) is 16.1. The van der Waals surface area contributed by atoms with Gasteiger partial charge in [-0.2, -0.15) is 0 Å². The molecular formula is C57H35N5O. The van der Waals surface area contributed by atoms with Gasteiger partial charge in [0.1, 0.15) is 16.9 Å². The zero-order valence-corrected chi connectivity index (χ0v) is 33.9. The number of rotatable bonds is 6. The van der Waals surface area contributed by atoms with Gasteiger partial charge in [-0.1, -0.05) is 115 Å². The lowest BCUT2D eigenvalue weighted by molar-refractivity contribution is 0.668. The van der Waals surface area contributed by atoms with Gasteiger partial charge in [-0.3, -0.25) is 14.5 Å². The number of nitrogens with zero attached hydrogens (tertiary/aromatic N) is 5. The summed E-state index contributed by atoms with van der Waals surface area (Å²) in [6.45, 7) is 0. The predicted molar refractivity (Wildman–Crippen MR) is 258 cm³/mol. The van der Waals surface area contributed by atoms with E-state index in [0.29, 0.717) is 0 Å². The SMILES string of the molecule is c1ccc(-c2cc(-c3ccccc3)nc(-n3c4ccccc4c4ccc(-c5cncc(-c6ccc7c(c6)c6ccccc6n7-c6ccc7oc8cccnc8c7c6)c5)cc43)c2)cc1. The van der Waals surface area contributed by atoms with Gasteiger partial charge < -0.3 is 8.98 Å². The van der Waals surface area contributed by atoms with Gasteiger partial charge in [0.2, 0.25) is 0 Å². The third-order valence-electron chi connectivity index (χ3n) is 12.4. The highest BCUT2D eigenvalue weighted by Crippen LogP contribution is 2.40. The summed E-state index contributed by atoms with van der Waals surface area (Å²) in [6, 6.07) is 68.7. The van der Waals surface area contributed by atoms with E-state index < -0.39 is 0 Å². The first-order chi connectivity index (χ1) is 31.2. The van der Waals surface area contributed by atoms with Gasteiger partial charge in [0.25, 0.3) is 0 Å². The van der Waals surface area contributed by atoms with Gasteiger partial charge in [0, 0.05) is 67.9 Å². The maximum atomic E-state index is 6.12. The van der Waals surface area contributed by atoms with E-state index in [0.717, 1.165) is 100 Å². The van der Waals surface area contributed by atoms with Crippen molar-refractivity contribution in [3.8, 4) is 56.1 Å². The van der Waals surface area contributed by atoms with Crippen LogP contribution in [0.4, 0.5) is 0 Å². The van der Waals surface area contributed by atoms with Gasteiger partial charge in [-0.05, 0) is 101 Å². The van der Waals surface area contributed by atoms with Crippen LogP contribution in [-0.4, -0.2) is 24.1 Å². The monoisotopic (exact) mass is 805 g/mol. The lowest BCUT2D eigenvalue weighted by Gasteiger charge is -2.13. The first-order valence-electron chi connectivity index (χ1n) is 21.2. The van der Waals surface area contributed by atoms with E-state index in [9.17, 15) is 0 Å². The van der Waals surface area contributed by atoms with Crippen molar-refractivity contribution in [2.75, 3.05) is 0 Å². The highest BCUT2D eigenvalue weighted by Gasteiger charge is 2.19. The van der Waals surface area contributed by atoms with Crippen LogP contribution in [-0.2, 0) is 0 Å². The average molecular weight is 806 g/mol. The fraction of sp³-hybridized carbons (Fsp3) is 0. The number of furan rings is 1. The minimum absolute atomic E-state index is 0.790. The number of hydrogen-bond donors (Lipinski definition) is 0. The van der Waals surface area contributed by atoms with Crippen molar-refractivity contribution in [2.45, 2.75) is 0 Å². The molecule has 63 heavy (non-hydrogen) atoms. The third-order valence-corrected chi connectivity index (χ3v) is 12.4. The Bertz CT molecular complexity index is 3860. The molecule has 0 aliphatic carbocycles. The summed E-state index contributed by atoms with van der Waals surface area (Å²) in [7, 11) is 0. The minimum atomic E-state index is 0.790. The second-order valence-electron chi connectivity index (χ2n) is 16.1. The van der Waals surface area contributed by atoms with Crippen LogP contribution < -0.4 is 0 Å². The fourth-order valence-corrected chi connectivity index (χ4v) is 9.49. The highest BCUT2D eigenvalue weighted by atomic mass is 16.3. The molecule has 0 saturated carbocycles. The Kier molecular flexibility index (Phi) is 7.80. The Balaban J connectivity index is 0.942. The number of aromatic nitrogens is 5. The Morgan fingerprint density at radius 3 is 1.84 bits per heavy atom. The summed E-state index contributed by atoms with van der Waals surface area (Å²) in [6.07, 6.45) is 5.75. The van der Waals surface area contributed by atoms with E-state index in [-0.39, 0.29) is 0 Å². The molecule has 0 aliphatic rings. The number of hydrogen-bond acceptors (Lipinski definition) is 4. The smallest absolute Gasteiger partial charge is 0.153 e. The average Bonchev–Trinajstić information content (AvgIpc) is 4.01. The molecule has 0 saturated heterocycles. The van der Waals surface area contributed by atoms with Crippen LogP contribution in [0.5, 0.6) is 0 Å². The lowest BCUT2D eigenvalue weighted by Crippen LogP contribution is -2.00. The maximum absolute atomic E-state index is 6.12. The van der Waals surface area contributed by atoms with Crippen molar-refractivity contribution in [3.05, 3.63) is 213 Å². The molecule has 0 atom stereocenters. The molecule has 13 aromatic rings. The van der Waals surface area contributed by atoms with E-state index in [4.69, 9.17) is 14.4 Å². The minimum Gasteiger partial charge on any atom is -0.454 e. The Labute approximate surface area is 361 Å². The molecule has 7 aromatic carbocycles. The third kappa shape index (κ3) is 5.69. The van der Waals surface area contributed by atoms with Gasteiger partial charge >= 0.3 is 0 Å². The molecule has 294 valence electrons. The molecule has 6 aromatic heterocycles. The molecule has 0 unspecified atom stereocenters. The summed E-state index contributed by atoms with van der Waals surface area (Å²) in [4.78, 5) is 14.8. The maximum Gasteiger partial charge on any atom is 0.153 e. The van der Waals surface area contributed by atoms with Crippen molar-refractivity contribution in [3.63, 3.8) is 0 Å². The molecule has 0 spiro atoms. The summed E-state index contributed by atoms with van der Waals surface area (Å²) in [5.74, 6) is 0.868. The van der Waals surface area contributed by atoms with Crippen LogP contribution in [0.2, 0.25) is 0 Å². The molecule has 0 radical (unpaired) electrons. The van der Waals surface area contributed by atoms with E-state index >= 15 is 0 Å². The molecule has 0 bridgehead atoms.